The molecule has 0 saturated carbocycles. The lowest BCUT2D eigenvalue weighted by molar-refractivity contribution is -0.297. The van der Waals surface area contributed by atoms with Gasteiger partial charge in [-0.15, -0.1) is 0 Å². The summed E-state index contributed by atoms with van der Waals surface area (Å²) in [5.74, 6) is -1.95. The quantitative estimate of drug-likeness (QED) is 0.0257. The average molecular weight is 949 g/mol. The molecule has 0 spiro atoms. The summed E-state index contributed by atoms with van der Waals surface area (Å²) in [6.45, 7) is 3.82. The average Bonchev–Trinajstić information content (AvgIpc) is 3.27. The van der Waals surface area contributed by atoms with E-state index in [0.29, 0.717) is 12.8 Å². The number of carbonyl (C=O) groups is 2. The first-order valence-corrected chi connectivity index (χ1v) is 28.7. The van der Waals surface area contributed by atoms with Crippen LogP contribution in [0.5, 0.6) is 0 Å². The van der Waals surface area contributed by atoms with Crippen molar-refractivity contribution >= 4 is 22.1 Å². The highest BCUT2D eigenvalue weighted by atomic mass is 32.2. The molecular weight excluding hydrogens is 849 g/mol. The minimum Gasteiger partial charge on any atom is -0.462 e. The zero-order valence-electron chi connectivity index (χ0n) is 41.6. The molecule has 1 aliphatic rings. The van der Waals surface area contributed by atoms with E-state index in [1.165, 1.54) is 186 Å². The van der Waals surface area contributed by atoms with Crippen LogP contribution in [-0.2, 0) is 38.7 Å². The summed E-state index contributed by atoms with van der Waals surface area (Å²) in [7, 11) is -4.60. The molecular formula is C52H100O12S. The molecule has 386 valence electrons. The van der Waals surface area contributed by atoms with Gasteiger partial charge in [-0.3, -0.25) is 14.1 Å². The third-order valence-corrected chi connectivity index (χ3v) is 13.7. The van der Waals surface area contributed by atoms with E-state index in [2.05, 4.69) is 13.8 Å². The zero-order chi connectivity index (χ0) is 47.6. The molecule has 65 heavy (non-hydrogen) atoms. The van der Waals surface area contributed by atoms with E-state index in [-0.39, 0.29) is 19.4 Å². The van der Waals surface area contributed by atoms with Crippen LogP contribution in [0, 0.1) is 0 Å². The molecule has 0 aromatic rings. The van der Waals surface area contributed by atoms with Crippen molar-refractivity contribution in [1.29, 1.82) is 0 Å². The number of rotatable bonds is 47. The Morgan fingerprint density at radius 3 is 1.12 bits per heavy atom. The van der Waals surface area contributed by atoms with Crippen molar-refractivity contribution in [3.8, 4) is 0 Å². The van der Waals surface area contributed by atoms with Gasteiger partial charge >= 0.3 is 11.9 Å². The summed E-state index contributed by atoms with van der Waals surface area (Å²) in [5.41, 5.74) is 0. The molecule has 1 rings (SSSR count). The lowest BCUT2D eigenvalue weighted by atomic mass is 10.00. The second kappa shape index (κ2) is 42.7. The van der Waals surface area contributed by atoms with Crippen LogP contribution in [0.15, 0.2) is 0 Å². The van der Waals surface area contributed by atoms with Gasteiger partial charge in [0.15, 0.2) is 12.4 Å². The lowest BCUT2D eigenvalue weighted by Gasteiger charge is -2.40. The van der Waals surface area contributed by atoms with E-state index in [9.17, 15) is 37.9 Å². The first-order chi connectivity index (χ1) is 31.5. The smallest absolute Gasteiger partial charge is 0.306 e. The molecule has 4 N–H and O–H groups in total. The van der Waals surface area contributed by atoms with Gasteiger partial charge in [0.25, 0.3) is 10.1 Å². The molecule has 1 saturated heterocycles. The Kier molecular flexibility index (Phi) is 40.5. The summed E-state index contributed by atoms with van der Waals surface area (Å²) in [4.78, 5) is 25.6. The molecule has 1 heterocycles. The molecule has 13 heteroatoms. The first kappa shape index (κ1) is 61.7. The van der Waals surface area contributed by atoms with Gasteiger partial charge < -0.3 is 34.3 Å². The SMILES string of the molecule is CCCCCCCCCCCCCCCCCCCCCC(=O)OC[C@H](CO[C@H]1O[C@H](CS(=O)(=O)O)[C@@H](O)C(O)C1O)OC(=O)CCCCCCCCCCCCCCCCCCCC. The Balaban J connectivity index is 2.33. The monoisotopic (exact) mass is 949 g/mol. The van der Waals surface area contributed by atoms with Crippen LogP contribution in [0.4, 0.5) is 0 Å². The molecule has 6 atom stereocenters. The number of hydrogen-bond acceptors (Lipinski definition) is 11. The highest BCUT2D eigenvalue weighted by Crippen LogP contribution is 2.24. The molecule has 0 aromatic carbocycles. The maximum Gasteiger partial charge on any atom is 0.306 e. The molecule has 12 nitrogen and oxygen atoms in total. The van der Waals surface area contributed by atoms with E-state index in [0.717, 1.165) is 38.5 Å². The highest BCUT2D eigenvalue weighted by molar-refractivity contribution is 7.85. The molecule has 0 aromatic heterocycles. The van der Waals surface area contributed by atoms with E-state index >= 15 is 0 Å². The van der Waals surface area contributed by atoms with Crippen LogP contribution in [0.25, 0.3) is 0 Å². The minimum absolute atomic E-state index is 0.173. The largest absolute Gasteiger partial charge is 0.462 e. The first-order valence-electron chi connectivity index (χ1n) is 27.1. The van der Waals surface area contributed by atoms with Gasteiger partial charge in [0, 0.05) is 12.8 Å². The number of unbranched alkanes of at least 4 members (excludes halogenated alkanes) is 35. The predicted molar refractivity (Wildman–Crippen MR) is 261 cm³/mol. The fraction of sp³-hybridized carbons (Fsp3) is 0.962. The van der Waals surface area contributed by atoms with Crippen molar-refractivity contribution in [2.24, 2.45) is 0 Å². The topological polar surface area (TPSA) is 186 Å². The standard InChI is InChI=1S/C52H100O12S/c1-3-5-7-9-11-13-15-17-19-21-23-25-26-28-30-32-34-36-38-40-47(53)61-42-45(43-62-52-51(57)50(56)49(55)46(64-52)44-65(58,59)60)63-48(54)41-39-37-35-33-31-29-27-24-22-20-18-16-14-12-10-8-6-4-2/h45-46,49-52,55-57H,3-44H2,1-2H3,(H,58,59,60)/t45-,46-,49-,50?,51?,52+/m1/s1. The van der Waals surface area contributed by atoms with Crippen LogP contribution in [0.2, 0.25) is 0 Å². The Morgan fingerprint density at radius 1 is 0.462 bits per heavy atom. The summed E-state index contributed by atoms with van der Waals surface area (Å²) in [6, 6.07) is 0. The van der Waals surface area contributed by atoms with Crippen LogP contribution in [0.1, 0.15) is 264 Å². The Hall–Kier alpha value is -1.35. The molecule has 0 amide bonds. The summed E-state index contributed by atoms with van der Waals surface area (Å²) >= 11 is 0. The normalized spacial score (nSPS) is 19.4. The highest BCUT2D eigenvalue weighted by Gasteiger charge is 2.46. The number of carbonyl (C=O) groups excluding carboxylic acids is 2. The van der Waals surface area contributed by atoms with Crippen LogP contribution in [0.3, 0.4) is 0 Å². The van der Waals surface area contributed by atoms with Crippen molar-refractivity contribution < 1.29 is 56.8 Å². The van der Waals surface area contributed by atoms with Crippen LogP contribution >= 0.6 is 0 Å². The van der Waals surface area contributed by atoms with Gasteiger partial charge in [-0.1, -0.05) is 239 Å². The van der Waals surface area contributed by atoms with Crippen molar-refractivity contribution in [2.45, 2.75) is 301 Å². The van der Waals surface area contributed by atoms with Crippen molar-refractivity contribution in [1.82, 2.24) is 0 Å². The van der Waals surface area contributed by atoms with E-state index in [1.54, 1.807) is 0 Å². The van der Waals surface area contributed by atoms with Gasteiger partial charge in [-0.25, -0.2) is 0 Å². The summed E-state index contributed by atoms with van der Waals surface area (Å²) < 4.78 is 54.3. The molecule has 1 fully saturated rings. The predicted octanol–water partition coefficient (Wildman–Crippen LogP) is 12.4. The van der Waals surface area contributed by atoms with Crippen molar-refractivity contribution in [2.75, 3.05) is 19.0 Å². The minimum atomic E-state index is -4.60. The number of aliphatic hydroxyl groups excluding tert-OH is 3. The van der Waals surface area contributed by atoms with E-state index < -0.39 is 71.2 Å². The second-order valence-corrected chi connectivity index (χ2v) is 20.8. The van der Waals surface area contributed by atoms with Crippen LogP contribution < -0.4 is 0 Å². The molecule has 0 bridgehead atoms. The molecule has 0 aliphatic carbocycles. The Bertz CT molecular complexity index is 1200. The maximum absolute atomic E-state index is 12.9. The van der Waals surface area contributed by atoms with Gasteiger partial charge in [0.05, 0.1) is 6.61 Å². The Labute approximate surface area is 397 Å². The van der Waals surface area contributed by atoms with E-state index in [4.69, 9.17) is 18.9 Å². The van der Waals surface area contributed by atoms with Crippen molar-refractivity contribution in [3.63, 3.8) is 0 Å². The van der Waals surface area contributed by atoms with Gasteiger partial charge in [0.2, 0.25) is 0 Å². The van der Waals surface area contributed by atoms with E-state index in [1.807, 2.05) is 0 Å². The number of esters is 2. The second-order valence-electron chi connectivity index (χ2n) is 19.3. The lowest BCUT2D eigenvalue weighted by Crippen LogP contribution is -2.60. The summed E-state index contributed by atoms with van der Waals surface area (Å²) in [5, 5.41) is 31.0. The zero-order valence-corrected chi connectivity index (χ0v) is 42.4. The van der Waals surface area contributed by atoms with Gasteiger partial charge in [-0.2, -0.15) is 8.42 Å². The van der Waals surface area contributed by atoms with Crippen LogP contribution in [-0.4, -0.2) is 96.0 Å². The third-order valence-electron chi connectivity index (χ3n) is 12.9. The molecule has 0 radical (unpaired) electrons. The summed E-state index contributed by atoms with van der Waals surface area (Å²) in [6.07, 6.45) is 37.1. The third kappa shape index (κ3) is 37.3. The Morgan fingerprint density at radius 2 is 0.785 bits per heavy atom. The molecule has 2 unspecified atom stereocenters. The van der Waals surface area contributed by atoms with Crippen molar-refractivity contribution in [3.05, 3.63) is 0 Å². The molecule has 1 aliphatic heterocycles. The maximum atomic E-state index is 12.9. The fourth-order valence-electron chi connectivity index (χ4n) is 8.74. The van der Waals surface area contributed by atoms with Gasteiger partial charge in [-0.05, 0) is 12.8 Å². The number of aliphatic hydroxyl groups is 3. The fourth-order valence-corrected chi connectivity index (χ4v) is 9.43. The number of hydrogen-bond donors (Lipinski definition) is 4. The number of ether oxygens (including phenoxy) is 4. The van der Waals surface area contributed by atoms with Gasteiger partial charge in [0.1, 0.15) is 36.8 Å².